The first-order chi connectivity index (χ1) is 13.3. The lowest BCUT2D eigenvalue weighted by Gasteiger charge is -2.21. The van der Waals surface area contributed by atoms with Crippen LogP contribution in [-0.4, -0.2) is 17.1 Å². The largest absolute Gasteiger partial charge is 0.491 e. The van der Waals surface area contributed by atoms with Crippen molar-refractivity contribution in [1.82, 2.24) is 4.57 Å². The maximum Gasteiger partial charge on any atom is 0.258 e. The lowest BCUT2D eigenvalue weighted by Crippen LogP contribution is -2.28. The number of fused-ring (bicyclic) bond motifs is 1. The number of unbranched alkanes of at least 4 members (excludes halogenated alkanes) is 1. The summed E-state index contributed by atoms with van der Waals surface area (Å²) in [6, 6.07) is 5.34. The summed E-state index contributed by atoms with van der Waals surface area (Å²) in [6.45, 7) is 11.3. The highest BCUT2D eigenvalue weighted by Gasteiger charge is 2.19. The molecule has 1 aromatic heterocycles. The minimum atomic E-state index is -0.130. The molecular formula is C22H33N3O3. The molecule has 6 nitrogen and oxygen atoms in total. The van der Waals surface area contributed by atoms with E-state index in [2.05, 4.69) is 26.1 Å². The Labute approximate surface area is 167 Å². The summed E-state index contributed by atoms with van der Waals surface area (Å²) >= 11 is 0. The van der Waals surface area contributed by atoms with Crippen LogP contribution in [0.25, 0.3) is 10.8 Å². The lowest BCUT2D eigenvalue weighted by molar-refractivity contribution is -0.118. The first-order valence-corrected chi connectivity index (χ1v) is 10.1. The molecule has 2 aromatic rings. The molecule has 0 bridgehead atoms. The Morgan fingerprint density at radius 1 is 1.21 bits per heavy atom. The van der Waals surface area contributed by atoms with Gasteiger partial charge in [-0.3, -0.25) is 9.59 Å². The Morgan fingerprint density at radius 3 is 2.50 bits per heavy atom. The Morgan fingerprint density at radius 2 is 1.93 bits per heavy atom. The molecule has 0 saturated heterocycles. The molecule has 0 saturated carbocycles. The molecule has 1 amide bonds. The van der Waals surface area contributed by atoms with Gasteiger partial charge in [0.2, 0.25) is 5.91 Å². The molecule has 2 rings (SSSR count). The summed E-state index contributed by atoms with van der Waals surface area (Å²) in [5.74, 6) is 0.745. The predicted octanol–water partition coefficient (Wildman–Crippen LogP) is 3.89. The molecule has 0 spiro atoms. The minimum Gasteiger partial charge on any atom is -0.491 e. The van der Waals surface area contributed by atoms with Crippen LogP contribution in [0, 0.1) is 11.8 Å². The monoisotopic (exact) mass is 387 g/mol. The number of aromatic nitrogens is 1. The van der Waals surface area contributed by atoms with Crippen LogP contribution in [0.5, 0.6) is 5.75 Å². The van der Waals surface area contributed by atoms with E-state index in [-0.39, 0.29) is 23.9 Å². The van der Waals surface area contributed by atoms with Crippen molar-refractivity contribution in [1.29, 1.82) is 0 Å². The van der Waals surface area contributed by atoms with E-state index in [9.17, 15) is 9.59 Å². The zero-order valence-corrected chi connectivity index (χ0v) is 17.7. The van der Waals surface area contributed by atoms with Crippen molar-refractivity contribution in [3.8, 4) is 5.75 Å². The number of carbonyl (C=O) groups excluding carboxylic acids is 1. The summed E-state index contributed by atoms with van der Waals surface area (Å²) in [4.78, 5) is 25.2. The Kier molecular flexibility index (Phi) is 7.63. The van der Waals surface area contributed by atoms with Crippen LogP contribution in [0.3, 0.4) is 0 Å². The Bertz CT molecular complexity index is 885. The molecule has 0 fully saturated rings. The first-order valence-electron chi connectivity index (χ1n) is 10.1. The number of hydrogen-bond donors (Lipinski definition) is 2. The highest BCUT2D eigenvalue weighted by Crippen LogP contribution is 2.31. The highest BCUT2D eigenvalue weighted by atomic mass is 16.5. The van der Waals surface area contributed by atoms with Crippen LogP contribution in [0.2, 0.25) is 0 Å². The fraction of sp³-hybridized carbons (Fsp3) is 0.545. The second kappa shape index (κ2) is 9.73. The van der Waals surface area contributed by atoms with E-state index in [0.29, 0.717) is 47.0 Å². The van der Waals surface area contributed by atoms with Crippen molar-refractivity contribution in [3.05, 3.63) is 34.2 Å². The van der Waals surface area contributed by atoms with Crippen LogP contribution in [-0.2, 0) is 17.9 Å². The summed E-state index contributed by atoms with van der Waals surface area (Å²) in [6.07, 6.45) is 1.93. The number of anilines is 1. The third-order valence-corrected chi connectivity index (χ3v) is 4.60. The van der Waals surface area contributed by atoms with Crippen molar-refractivity contribution in [2.75, 3.05) is 11.9 Å². The molecule has 0 radical (unpaired) electrons. The van der Waals surface area contributed by atoms with Crippen molar-refractivity contribution in [3.63, 3.8) is 0 Å². The van der Waals surface area contributed by atoms with Crippen LogP contribution < -0.4 is 21.3 Å². The van der Waals surface area contributed by atoms with E-state index in [0.717, 1.165) is 12.8 Å². The van der Waals surface area contributed by atoms with Crippen LogP contribution in [0.4, 0.5) is 5.69 Å². The molecule has 154 valence electrons. The molecule has 0 unspecified atom stereocenters. The average molecular weight is 388 g/mol. The van der Waals surface area contributed by atoms with Gasteiger partial charge in [-0.2, -0.15) is 0 Å². The normalized spacial score (nSPS) is 11.4. The minimum absolute atomic E-state index is 0.0694. The van der Waals surface area contributed by atoms with Crippen molar-refractivity contribution in [2.24, 2.45) is 17.6 Å². The zero-order valence-electron chi connectivity index (χ0n) is 17.7. The standard InChI is InChI=1S/C22H33N3O3/c1-6-7-10-28-20-18-11-16(24-21(26)15(4)5)8-9-17(18)22(27)25(13-14(2)3)19(20)12-23/h8-9,11,14-15H,6-7,10,12-13,23H2,1-5H3,(H,24,26). The second-order valence-electron chi connectivity index (χ2n) is 7.90. The van der Waals surface area contributed by atoms with Gasteiger partial charge in [-0.05, 0) is 30.5 Å². The average Bonchev–Trinajstić information content (AvgIpc) is 2.64. The molecule has 0 aliphatic rings. The van der Waals surface area contributed by atoms with E-state index < -0.39 is 0 Å². The number of carbonyl (C=O) groups is 1. The number of benzene rings is 1. The van der Waals surface area contributed by atoms with Gasteiger partial charge in [0.15, 0.2) is 0 Å². The summed E-state index contributed by atoms with van der Waals surface area (Å²) < 4.78 is 7.85. The number of rotatable bonds is 9. The van der Waals surface area contributed by atoms with E-state index >= 15 is 0 Å². The quantitative estimate of drug-likeness (QED) is 0.639. The van der Waals surface area contributed by atoms with Gasteiger partial charge in [-0.1, -0.05) is 41.0 Å². The fourth-order valence-electron chi connectivity index (χ4n) is 3.07. The smallest absolute Gasteiger partial charge is 0.258 e. The predicted molar refractivity (Wildman–Crippen MR) is 115 cm³/mol. The SMILES string of the molecule is CCCCOc1c(CN)n(CC(C)C)c(=O)c2ccc(NC(=O)C(C)C)cc12. The first kappa shape index (κ1) is 22.0. The van der Waals surface area contributed by atoms with Gasteiger partial charge in [-0.25, -0.2) is 0 Å². The van der Waals surface area contributed by atoms with Crippen molar-refractivity contribution in [2.45, 2.75) is 60.5 Å². The summed E-state index contributed by atoms with van der Waals surface area (Å²) in [7, 11) is 0. The number of nitrogens with one attached hydrogen (secondary N) is 1. The van der Waals surface area contributed by atoms with E-state index in [1.807, 2.05) is 19.9 Å². The van der Waals surface area contributed by atoms with E-state index in [1.165, 1.54) is 0 Å². The van der Waals surface area contributed by atoms with Gasteiger partial charge < -0.3 is 20.4 Å². The molecule has 1 heterocycles. The number of nitrogens with two attached hydrogens (primary N) is 1. The number of ether oxygens (including phenoxy) is 1. The second-order valence-corrected chi connectivity index (χ2v) is 7.90. The zero-order chi connectivity index (χ0) is 20.8. The van der Waals surface area contributed by atoms with Gasteiger partial charge in [-0.15, -0.1) is 0 Å². The van der Waals surface area contributed by atoms with Gasteiger partial charge in [0, 0.05) is 30.1 Å². The van der Waals surface area contributed by atoms with E-state index in [1.54, 1.807) is 16.7 Å². The molecular weight excluding hydrogens is 354 g/mol. The molecule has 0 atom stereocenters. The maximum atomic E-state index is 13.1. The molecule has 3 N–H and O–H groups in total. The third-order valence-electron chi connectivity index (χ3n) is 4.60. The number of pyridine rings is 1. The van der Waals surface area contributed by atoms with Gasteiger partial charge >= 0.3 is 0 Å². The Hall–Kier alpha value is -2.34. The fourth-order valence-corrected chi connectivity index (χ4v) is 3.07. The van der Waals surface area contributed by atoms with Crippen LogP contribution in [0.1, 0.15) is 53.2 Å². The van der Waals surface area contributed by atoms with Gasteiger partial charge in [0.1, 0.15) is 5.75 Å². The van der Waals surface area contributed by atoms with Crippen molar-refractivity contribution >= 4 is 22.4 Å². The summed E-state index contributed by atoms with van der Waals surface area (Å²) in [5, 5.41) is 4.17. The van der Waals surface area contributed by atoms with Crippen LogP contribution in [0.15, 0.2) is 23.0 Å². The van der Waals surface area contributed by atoms with Crippen LogP contribution >= 0.6 is 0 Å². The highest BCUT2D eigenvalue weighted by molar-refractivity contribution is 5.97. The lowest BCUT2D eigenvalue weighted by atomic mass is 10.1. The molecule has 0 aliphatic heterocycles. The topological polar surface area (TPSA) is 86.3 Å². The number of nitrogens with zero attached hydrogens (tertiary/aromatic N) is 1. The molecule has 0 aliphatic carbocycles. The maximum absolute atomic E-state index is 13.1. The van der Waals surface area contributed by atoms with Gasteiger partial charge in [0.05, 0.1) is 17.7 Å². The number of hydrogen-bond acceptors (Lipinski definition) is 4. The summed E-state index contributed by atoms with van der Waals surface area (Å²) in [5.41, 5.74) is 7.32. The third kappa shape index (κ3) is 4.93. The van der Waals surface area contributed by atoms with E-state index in [4.69, 9.17) is 10.5 Å². The molecule has 1 aromatic carbocycles. The molecule has 6 heteroatoms. The Balaban J connectivity index is 2.67. The van der Waals surface area contributed by atoms with Gasteiger partial charge in [0.25, 0.3) is 5.56 Å². The van der Waals surface area contributed by atoms with Crippen molar-refractivity contribution < 1.29 is 9.53 Å². The molecule has 28 heavy (non-hydrogen) atoms. The number of amides is 1.